The summed E-state index contributed by atoms with van der Waals surface area (Å²) in [5.41, 5.74) is 0. The number of ether oxygens (including phenoxy) is 1. The number of rotatable bonds is 1. The Bertz CT molecular complexity index is 101. The van der Waals surface area contributed by atoms with E-state index < -0.39 is 0 Å². The molecule has 2 atom stereocenters. The molecule has 1 unspecified atom stereocenters. The molecule has 0 aromatic heterocycles. The van der Waals surface area contributed by atoms with Gasteiger partial charge in [-0.3, -0.25) is 0 Å². The number of hydrogen-bond donors (Lipinski definition) is 1. The molecule has 0 aliphatic carbocycles. The van der Waals surface area contributed by atoms with Crippen LogP contribution < -0.4 is 0 Å². The monoisotopic (exact) mass is 144 g/mol. The standard InChI is InChI=1S/C8H16O2/c1-6(2)8-7(9)4-3-5-10-8/h6-9H,3-5H2,1-2H3/t7-,8?/m0/s1. The van der Waals surface area contributed by atoms with E-state index in [0.29, 0.717) is 5.92 Å². The van der Waals surface area contributed by atoms with Crippen LogP contribution in [0.1, 0.15) is 26.7 Å². The van der Waals surface area contributed by atoms with E-state index in [4.69, 9.17) is 4.74 Å². The van der Waals surface area contributed by atoms with Crippen molar-refractivity contribution in [1.82, 2.24) is 0 Å². The Kier molecular flexibility index (Phi) is 2.69. The van der Waals surface area contributed by atoms with Crippen molar-refractivity contribution in [1.29, 1.82) is 0 Å². The van der Waals surface area contributed by atoms with Crippen LogP contribution in [0.2, 0.25) is 0 Å². The van der Waals surface area contributed by atoms with E-state index in [1.54, 1.807) is 0 Å². The van der Waals surface area contributed by atoms with Crippen LogP contribution in [-0.4, -0.2) is 23.9 Å². The van der Waals surface area contributed by atoms with Gasteiger partial charge in [-0.15, -0.1) is 0 Å². The molecule has 60 valence electrons. The highest BCUT2D eigenvalue weighted by Crippen LogP contribution is 2.19. The van der Waals surface area contributed by atoms with Gasteiger partial charge in [-0.1, -0.05) is 13.8 Å². The van der Waals surface area contributed by atoms with Gasteiger partial charge >= 0.3 is 0 Å². The molecule has 1 heterocycles. The summed E-state index contributed by atoms with van der Waals surface area (Å²) in [5.74, 6) is 0.440. The molecule has 0 saturated carbocycles. The molecule has 0 radical (unpaired) electrons. The predicted molar refractivity (Wildman–Crippen MR) is 39.8 cm³/mol. The van der Waals surface area contributed by atoms with E-state index in [2.05, 4.69) is 13.8 Å². The van der Waals surface area contributed by atoms with Crippen LogP contribution in [0.4, 0.5) is 0 Å². The first-order chi connectivity index (χ1) is 4.72. The smallest absolute Gasteiger partial charge is 0.0856 e. The fourth-order valence-corrected chi connectivity index (χ4v) is 1.42. The average molecular weight is 144 g/mol. The van der Waals surface area contributed by atoms with Gasteiger partial charge in [-0.05, 0) is 18.8 Å². The van der Waals surface area contributed by atoms with Crippen molar-refractivity contribution >= 4 is 0 Å². The van der Waals surface area contributed by atoms with E-state index in [0.717, 1.165) is 19.4 Å². The second-order valence-electron chi connectivity index (χ2n) is 3.29. The molecule has 1 saturated heterocycles. The van der Waals surface area contributed by atoms with E-state index in [1.165, 1.54) is 0 Å². The molecule has 1 rings (SSSR count). The van der Waals surface area contributed by atoms with Crippen LogP contribution in [0.3, 0.4) is 0 Å². The summed E-state index contributed by atoms with van der Waals surface area (Å²) in [6, 6.07) is 0. The van der Waals surface area contributed by atoms with Crippen LogP contribution >= 0.6 is 0 Å². The molecule has 0 aromatic rings. The van der Waals surface area contributed by atoms with Crippen LogP contribution in [-0.2, 0) is 4.74 Å². The zero-order chi connectivity index (χ0) is 7.56. The quantitative estimate of drug-likeness (QED) is 0.599. The van der Waals surface area contributed by atoms with E-state index in [-0.39, 0.29) is 12.2 Å². The normalized spacial score (nSPS) is 34.8. The zero-order valence-corrected chi connectivity index (χ0v) is 6.71. The molecular formula is C8H16O2. The molecule has 0 amide bonds. The Balaban J connectivity index is 2.40. The SMILES string of the molecule is CC(C)C1OCCC[C@@H]1O. The first-order valence-electron chi connectivity index (χ1n) is 4.01. The van der Waals surface area contributed by atoms with Crippen LogP contribution in [0.25, 0.3) is 0 Å². The second kappa shape index (κ2) is 3.35. The molecular weight excluding hydrogens is 128 g/mol. The Morgan fingerprint density at radius 3 is 2.60 bits per heavy atom. The molecule has 0 bridgehead atoms. The third kappa shape index (κ3) is 1.70. The van der Waals surface area contributed by atoms with Crippen LogP contribution in [0.5, 0.6) is 0 Å². The number of hydrogen-bond acceptors (Lipinski definition) is 2. The molecule has 0 aromatic carbocycles. The Hall–Kier alpha value is -0.0800. The molecule has 0 spiro atoms. The van der Waals surface area contributed by atoms with Gasteiger partial charge in [0.1, 0.15) is 0 Å². The summed E-state index contributed by atoms with van der Waals surface area (Å²) in [7, 11) is 0. The highest BCUT2D eigenvalue weighted by molar-refractivity contribution is 4.75. The van der Waals surface area contributed by atoms with Gasteiger partial charge in [0, 0.05) is 6.61 Å². The van der Waals surface area contributed by atoms with Gasteiger partial charge in [0.2, 0.25) is 0 Å². The minimum atomic E-state index is -0.228. The van der Waals surface area contributed by atoms with Crippen LogP contribution in [0.15, 0.2) is 0 Å². The number of aliphatic hydroxyl groups is 1. The van der Waals surface area contributed by atoms with Crippen molar-refractivity contribution in [3.05, 3.63) is 0 Å². The minimum Gasteiger partial charge on any atom is -0.390 e. The van der Waals surface area contributed by atoms with Gasteiger partial charge in [-0.2, -0.15) is 0 Å². The minimum absolute atomic E-state index is 0.0775. The lowest BCUT2D eigenvalue weighted by atomic mass is 9.96. The van der Waals surface area contributed by atoms with E-state index in [9.17, 15) is 5.11 Å². The largest absolute Gasteiger partial charge is 0.390 e. The lowest BCUT2D eigenvalue weighted by Gasteiger charge is -2.30. The molecule has 1 N–H and O–H groups in total. The topological polar surface area (TPSA) is 29.5 Å². The molecule has 1 aliphatic heterocycles. The predicted octanol–water partition coefficient (Wildman–Crippen LogP) is 1.18. The van der Waals surface area contributed by atoms with Gasteiger partial charge in [0.25, 0.3) is 0 Å². The summed E-state index contributed by atoms with van der Waals surface area (Å²) in [6.07, 6.45) is 1.76. The van der Waals surface area contributed by atoms with Crippen molar-refractivity contribution in [3.8, 4) is 0 Å². The third-order valence-electron chi connectivity index (χ3n) is 1.99. The maximum atomic E-state index is 9.41. The van der Waals surface area contributed by atoms with Gasteiger partial charge in [-0.25, -0.2) is 0 Å². The Labute approximate surface area is 62.2 Å². The van der Waals surface area contributed by atoms with Crippen molar-refractivity contribution in [2.24, 2.45) is 5.92 Å². The lowest BCUT2D eigenvalue weighted by Crippen LogP contribution is -2.37. The number of aliphatic hydroxyl groups excluding tert-OH is 1. The van der Waals surface area contributed by atoms with Crippen molar-refractivity contribution in [2.45, 2.75) is 38.9 Å². The summed E-state index contributed by atoms with van der Waals surface area (Å²) >= 11 is 0. The van der Waals surface area contributed by atoms with E-state index >= 15 is 0 Å². The maximum Gasteiger partial charge on any atom is 0.0856 e. The Morgan fingerprint density at radius 2 is 2.20 bits per heavy atom. The molecule has 2 nitrogen and oxygen atoms in total. The second-order valence-corrected chi connectivity index (χ2v) is 3.29. The highest BCUT2D eigenvalue weighted by atomic mass is 16.5. The molecule has 1 fully saturated rings. The highest BCUT2D eigenvalue weighted by Gasteiger charge is 2.26. The Morgan fingerprint density at radius 1 is 1.50 bits per heavy atom. The fraction of sp³-hybridized carbons (Fsp3) is 1.00. The first kappa shape index (κ1) is 8.02. The first-order valence-corrected chi connectivity index (χ1v) is 4.01. The average Bonchev–Trinajstić information content (AvgIpc) is 1.88. The lowest BCUT2D eigenvalue weighted by molar-refractivity contribution is -0.0942. The molecule has 10 heavy (non-hydrogen) atoms. The third-order valence-corrected chi connectivity index (χ3v) is 1.99. The summed E-state index contributed by atoms with van der Waals surface area (Å²) < 4.78 is 5.40. The summed E-state index contributed by atoms with van der Waals surface area (Å²) in [6.45, 7) is 4.98. The summed E-state index contributed by atoms with van der Waals surface area (Å²) in [4.78, 5) is 0. The zero-order valence-electron chi connectivity index (χ0n) is 6.71. The van der Waals surface area contributed by atoms with Crippen LogP contribution in [0, 0.1) is 5.92 Å². The van der Waals surface area contributed by atoms with Gasteiger partial charge < -0.3 is 9.84 Å². The van der Waals surface area contributed by atoms with Crippen molar-refractivity contribution in [3.63, 3.8) is 0 Å². The molecule has 2 heteroatoms. The van der Waals surface area contributed by atoms with Crippen molar-refractivity contribution < 1.29 is 9.84 Å². The maximum absolute atomic E-state index is 9.41. The van der Waals surface area contributed by atoms with E-state index in [1.807, 2.05) is 0 Å². The summed E-state index contributed by atoms with van der Waals surface area (Å²) in [5, 5.41) is 9.41. The van der Waals surface area contributed by atoms with Gasteiger partial charge in [0.05, 0.1) is 12.2 Å². The fourth-order valence-electron chi connectivity index (χ4n) is 1.42. The molecule has 1 aliphatic rings. The van der Waals surface area contributed by atoms with Gasteiger partial charge in [0.15, 0.2) is 0 Å². The van der Waals surface area contributed by atoms with Crippen molar-refractivity contribution in [2.75, 3.05) is 6.61 Å².